The Bertz CT molecular complexity index is 606. The molecule has 0 radical (unpaired) electrons. The van der Waals surface area contributed by atoms with Crippen molar-refractivity contribution >= 4 is 0 Å². The summed E-state index contributed by atoms with van der Waals surface area (Å²) >= 11 is 0. The van der Waals surface area contributed by atoms with E-state index in [-0.39, 0.29) is 5.56 Å². The molecule has 92 valence electrons. The number of fused-ring (bicyclic) bond motifs is 1. The Morgan fingerprint density at radius 2 is 2.33 bits per heavy atom. The third kappa shape index (κ3) is 2.17. The molecule has 2 aromatic heterocycles. The lowest BCUT2D eigenvalue weighted by atomic mass is 10.1. The average molecular weight is 242 g/mol. The molecular weight excluding hydrogens is 228 g/mol. The van der Waals surface area contributed by atoms with E-state index < -0.39 is 0 Å². The summed E-state index contributed by atoms with van der Waals surface area (Å²) in [7, 11) is 0. The Morgan fingerprint density at radius 3 is 3.17 bits per heavy atom. The quantitative estimate of drug-likeness (QED) is 0.824. The van der Waals surface area contributed by atoms with E-state index in [2.05, 4.69) is 15.4 Å². The van der Waals surface area contributed by atoms with Gasteiger partial charge in [-0.25, -0.2) is 4.68 Å². The molecule has 5 heteroatoms. The molecular formula is C13H14N4O. The van der Waals surface area contributed by atoms with Crippen LogP contribution in [0, 0.1) is 0 Å². The second-order valence-electron chi connectivity index (χ2n) is 4.36. The second-order valence-corrected chi connectivity index (χ2v) is 4.36. The number of nitrogens with zero attached hydrogens (tertiary/aromatic N) is 3. The van der Waals surface area contributed by atoms with E-state index >= 15 is 0 Å². The van der Waals surface area contributed by atoms with Crippen molar-refractivity contribution in [2.45, 2.75) is 19.5 Å². The van der Waals surface area contributed by atoms with E-state index in [1.54, 1.807) is 12.3 Å². The Labute approximate surface area is 104 Å². The smallest absolute Gasteiger partial charge is 0.267 e. The molecule has 0 saturated carbocycles. The Balaban J connectivity index is 1.95. The van der Waals surface area contributed by atoms with Gasteiger partial charge in [0.05, 0.1) is 17.9 Å². The summed E-state index contributed by atoms with van der Waals surface area (Å²) in [5, 5.41) is 7.67. The van der Waals surface area contributed by atoms with E-state index in [1.807, 2.05) is 18.2 Å². The predicted molar refractivity (Wildman–Crippen MR) is 67.2 cm³/mol. The fourth-order valence-corrected chi connectivity index (χ4v) is 2.12. The van der Waals surface area contributed by atoms with Crippen molar-refractivity contribution < 1.29 is 0 Å². The molecule has 0 unspecified atom stereocenters. The van der Waals surface area contributed by atoms with E-state index in [4.69, 9.17) is 0 Å². The van der Waals surface area contributed by atoms with Crippen molar-refractivity contribution in [3.05, 3.63) is 57.8 Å². The van der Waals surface area contributed by atoms with Crippen molar-refractivity contribution in [3.63, 3.8) is 0 Å². The van der Waals surface area contributed by atoms with Gasteiger partial charge in [-0.3, -0.25) is 9.78 Å². The molecule has 0 aliphatic carbocycles. The number of rotatable bonds is 2. The molecule has 2 aromatic rings. The molecule has 0 saturated heterocycles. The zero-order chi connectivity index (χ0) is 12.4. The standard InChI is InChI=1S/C13H14N4O/c18-13-7-10-8-14-6-4-12(10)16-17(13)9-11-3-1-2-5-15-11/h1-3,5,7,14H,4,6,8-9H2. The van der Waals surface area contributed by atoms with Crippen LogP contribution in [-0.2, 0) is 19.5 Å². The van der Waals surface area contributed by atoms with Gasteiger partial charge in [0.25, 0.3) is 5.56 Å². The summed E-state index contributed by atoms with van der Waals surface area (Å²) in [6.45, 7) is 2.09. The molecule has 3 rings (SSSR count). The maximum atomic E-state index is 11.9. The van der Waals surface area contributed by atoms with Gasteiger partial charge in [-0.05, 0) is 17.7 Å². The average Bonchev–Trinajstić information content (AvgIpc) is 2.41. The van der Waals surface area contributed by atoms with Crippen molar-refractivity contribution in [2.75, 3.05) is 6.54 Å². The summed E-state index contributed by atoms with van der Waals surface area (Å²) in [5.41, 5.74) is 2.82. The predicted octanol–water partition coefficient (Wildman–Crippen LogP) is 0.332. The van der Waals surface area contributed by atoms with E-state index in [9.17, 15) is 4.79 Å². The normalized spacial score (nSPS) is 14.2. The molecule has 1 aliphatic heterocycles. The van der Waals surface area contributed by atoms with Gasteiger partial charge < -0.3 is 5.32 Å². The topological polar surface area (TPSA) is 59.8 Å². The molecule has 0 atom stereocenters. The monoisotopic (exact) mass is 242 g/mol. The highest BCUT2D eigenvalue weighted by Gasteiger charge is 2.12. The van der Waals surface area contributed by atoms with Gasteiger partial charge in [0.2, 0.25) is 0 Å². The number of hydrogen-bond donors (Lipinski definition) is 1. The Morgan fingerprint density at radius 1 is 1.39 bits per heavy atom. The van der Waals surface area contributed by atoms with Gasteiger partial charge in [0.1, 0.15) is 0 Å². The van der Waals surface area contributed by atoms with Crippen molar-refractivity contribution in [1.29, 1.82) is 0 Å². The van der Waals surface area contributed by atoms with Gasteiger partial charge in [-0.2, -0.15) is 5.10 Å². The van der Waals surface area contributed by atoms with Crippen molar-refractivity contribution in [2.24, 2.45) is 0 Å². The fourth-order valence-electron chi connectivity index (χ4n) is 2.12. The van der Waals surface area contributed by atoms with Crippen LogP contribution in [0.3, 0.4) is 0 Å². The van der Waals surface area contributed by atoms with Gasteiger partial charge in [-0.15, -0.1) is 0 Å². The van der Waals surface area contributed by atoms with Crippen LogP contribution in [0.2, 0.25) is 0 Å². The SMILES string of the molecule is O=c1cc2c(nn1Cc1ccccn1)CCNC2. The summed E-state index contributed by atoms with van der Waals surface area (Å²) in [6.07, 6.45) is 2.60. The second kappa shape index (κ2) is 4.70. The minimum absolute atomic E-state index is 0.0666. The van der Waals surface area contributed by atoms with Crippen LogP contribution in [0.4, 0.5) is 0 Å². The molecule has 0 aromatic carbocycles. The van der Waals surface area contributed by atoms with Gasteiger partial charge in [-0.1, -0.05) is 6.07 Å². The molecule has 0 bridgehead atoms. The highest BCUT2D eigenvalue weighted by molar-refractivity contribution is 5.20. The van der Waals surface area contributed by atoms with Crippen LogP contribution in [0.25, 0.3) is 0 Å². The minimum Gasteiger partial charge on any atom is -0.312 e. The van der Waals surface area contributed by atoms with Crippen LogP contribution < -0.4 is 10.9 Å². The van der Waals surface area contributed by atoms with Crippen molar-refractivity contribution in [3.8, 4) is 0 Å². The molecule has 0 spiro atoms. The lowest BCUT2D eigenvalue weighted by Gasteiger charge is -2.16. The molecule has 18 heavy (non-hydrogen) atoms. The van der Waals surface area contributed by atoms with Crippen LogP contribution in [0.1, 0.15) is 17.0 Å². The largest absolute Gasteiger partial charge is 0.312 e. The maximum Gasteiger partial charge on any atom is 0.267 e. The van der Waals surface area contributed by atoms with Gasteiger partial charge in [0.15, 0.2) is 0 Å². The first-order chi connectivity index (χ1) is 8.83. The number of nitrogens with one attached hydrogen (secondary N) is 1. The fraction of sp³-hybridized carbons (Fsp3) is 0.308. The molecule has 1 aliphatic rings. The highest BCUT2D eigenvalue weighted by Crippen LogP contribution is 2.08. The first kappa shape index (κ1) is 11.1. The van der Waals surface area contributed by atoms with E-state index in [0.717, 1.165) is 36.5 Å². The van der Waals surface area contributed by atoms with E-state index in [0.29, 0.717) is 6.54 Å². The summed E-state index contributed by atoms with van der Waals surface area (Å²) in [5.74, 6) is 0. The number of aromatic nitrogens is 3. The Hall–Kier alpha value is -2.01. The van der Waals surface area contributed by atoms with Gasteiger partial charge >= 0.3 is 0 Å². The molecule has 1 N–H and O–H groups in total. The zero-order valence-electron chi connectivity index (χ0n) is 9.97. The number of hydrogen-bond acceptors (Lipinski definition) is 4. The highest BCUT2D eigenvalue weighted by atomic mass is 16.1. The molecule has 0 fully saturated rings. The maximum absolute atomic E-state index is 11.9. The molecule has 0 amide bonds. The lowest BCUT2D eigenvalue weighted by Crippen LogP contribution is -2.32. The summed E-state index contributed by atoms with van der Waals surface area (Å²) < 4.78 is 1.49. The lowest BCUT2D eigenvalue weighted by molar-refractivity contribution is 0.558. The minimum atomic E-state index is -0.0666. The zero-order valence-corrected chi connectivity index (χ0v) is 9.97. The Kier molecular flexibility index (Phi) is 2.90. The first-order valence-corrected chi connectivity index (χ1v) is 6.03. The van der Waals surface area contributed by atoms with Crippen LogP contribution >= 0.6 is 0 Å². The molecule has 5 nitrogen and oxygen atoms in total. The third-order valence-corrected chi connectivity index (χ3v) is 3.06. The molecule has 3 heterocycles. The number of pyridine rings is 1. The third-order valence-electron chi connectivity index (χ3n) is 3.06. The summed E-state index contributed by atoms with van der Waals surface area (Å²) in [4.78, 5) is 16.2. The van der Waals surface area contributed by atoms with Crippen molar-refractivity contribution in [1.82, 2.24) is 20.1 Å². The van der Waals surface area contributed by atoms with Gasteiger partial charge in [0, 0.05) is 31.8 Å². The van der Waals surface area contributed by atoms with Crippen LogP contribution in [-0.4, -0.2) is 21.3 Å². The van der Waals surface area contributed by atoms with Crippen LogP contribution in [0.5, 0.6) is 0 Å². The first-order valence-electron chi connectivity index (χ1n) is 6.03. The summed E-state index contributed by atoms with van der Waals surface area (Å²) in [6, 6.07) is 7.35. The van der Waals surface area contributed by atoms with E-state index in [1.165, 1.54) is 4.68 Å². The van der Waals surface area contributed by atoms with Crippen LogP contribution in [0.15, 0.2) is 35.3 Å².